The molecule has 0 saturated heterocycles. The van der Waals surface area contributed by atoms with Crippen molar-refractivity contribution in [1.82, 2.24) is 19.7 Å². The van der Waals surface area contributed by atoms with Crippen molar-refractivity contribution in [2.75, 3.05) is 5.73 Å². The number of thioether (sulfide) groups is 1. The highest BCUT2D eigenvalue weighted by Crippen LogP contribution is 2.35. The summed E-state index contributed by atoms with van der Waals surface area (Å²) in [6.07, 6.45) is 1.79. The molecule has 0 amide bonds. The Bertz CT molecular complexity index is 569. The van der Waals surface area contributed by atoms with Crippen molar-refractivity contribution >= 4 is 17.7 Å². The van der Waals surface area contributed by atoms with Crippen LogP contribution in [-0.2, 0) is 12.5 Å². The monoisotopic (exact) mass is 281 g/mol. The van der Waals surface area contributed by atoms with E-state index in [2.05, 4.69) is 36.0 Å². The van der Waals surface area contributed by atoms with Gasteiger partial charge in [-0.2, -0.15) is 0 Å². The predicted octanol–water partition coefficient (Wildman–Crippen LogP) is 2.54. The first-order valence-electron chi connectivity index (χ1n) is 6.06. The van der Waals surface area contributed by atoms with Crippen LogP contribution in [0.1, 0.15) is 44.6 Å². The third-order valence-electron chi connectivity index (χ3n) is 2.76. The number of nitrogen functional groups attached to an aromatic ring is 1. The second-order valence-electron chi connectivity index (χ2n) is 5.47. The lowest BCUT2D eigenvalue weighted by Crippen LogP contribution is -2.09. The molecule has 104 valence electrons. The van der Waals surface area contributed by atoms with Crippen LogP contribution in [-0.4, -0.2) is 19.7 Å². The maximum absolute atomic E-state index is 5.81. The first-order chi connectivity index (χ1) is 8.79. The van der Waals surface area contributed by atoms with Gasteiger partial charge in [-0.25, -0.2) is 4.98 Å². The van der Waals surface area contributed by atoms with Crippen molar-refractivity contribution in [3.05, 3.63) is 17.8 Å². The minimum atomic E-state index is -0.0369. The van der Waals surface area contributed by atoms with Crippen molar-refractivity contribution in [2.45, 2.75) is 43.5 Å². The molecule has 2 heterocycles. The number of hydrogen-bond acceptors (Lipinski definition) is 6. The molecule has 0 saturated carbocycles. The van der Waals surface area contributed by atoms with Crippen molar-refractivity contribution in [2.24, 2.45) is 7.05 Å². The Morgan fingerprint density at radius 1 is 1.37 bits per heavy atom. The highest BCUT2D eigenvalue weighted by molar-refractivity contribution is 7.99. The molecule has 2 rings (SSSR count). The fourth-order valence-electron chi connectivity index (χ4n) is 1.46. The van der Waals surface area contributed by atoms with Crippen LogP contribution in [0.4, 0.5) is 5.95 Å². The lowest BCUT2D eigenvalue weighted by atomic mass is 9.94. The summed E-state index contributed by atoms with van der Waals surface area (Å²) in [5, 5.41) is 8.65. The van der Waals surface area contributed by atoms with E-state index in [1.165, 1.54) is 11.8 Å². The van der Waals surface area contributed by atoms with E-state index in [9.17, 15) is 0 Å². The standard InChI is InChI=1S/C12H19N5OS/c1-7(19-11-16-15-10(13)17(11)5)9-14-6-8(18-9)12(2,3)4/h6-7H,1-5H3,(H2,13,15)/t7-/m0/s1. The molecular formula is C12H19N5OS. The molecule has 6 nitrogen and oxygen atoms in total. The molecule has 0 fully saturated rings. The van der Waals surface area contributed by atoms with Crippen LogP contribution in [0, 0.1) is 0 Å². The molecule has 0 radical (unpaired) electrons. The van der Waals surface area contributed by atoms with Gasteiger partial charge in [0.05, 0.1) is 11.4 Å². The van der Waals surface area contributed by atoms with Crippen LogP contribution < -0.4 is 5.73 Å². The van der Waals surface area contributed by atoms with E-state index < -0.39 is 0 Å². The number of rotatable bonds is 3. The van der Waals surface area contributed by atoms with Gasteiger partial charge in [-0.3, -0.25) is 4.57 Å². The van der Waals surface area contributed by atoms with E-state index in [1.807, 2.05) is 14.0 Å². The Morgan fingerprint density at radius 3 is 2.53 bits per heavy atom. The van der Waals surface area contributed by atoms with E-state index in [-0.39, 0.29) is 10.7 Å². The summed E-state index contributed by atoms with van der Waals surface area (Å²) in [7, 11) is 1.83. The van der Waals surface area contributed by atoms with Gasteiger partial charge in [0.15, 0.2) is 5.16 Å². The number of aromatic nitrogens is 4. The highest BCUT2D eigenvalue weighted by atomic mass is 32.2. The molecule has 0 aliphatic rings. The topological polar surface area (TPSA) is 82.8 Å². The van der Waals surface area contributed by atoms with Gasteiger partial charge in [0.1, 0.15) is 5.76 Å². The van der Waals surface area contributed by atoms with Gasteiger partial charge in [-0.15, -0.1) is 10.2 Å². The van der Waals surface area contributed by atoms with Crippen molar-refractivity contribution < 1.29 is 4.42 Å². The number of nitrogens with zero attached hydrogens (tertiary/aromatic N) is 4. The second kappa shape index (κ2) is 4.88. The van der Waals surface area contributed by atoms with E-state index in [1.54, 1.807) is 10.8 Å². The first-order valence-corrected chi connectivity index (χ1v) is 6.94. The molecule has 0 spiro atoms. The van der Waals surface area contributed by atoms with Crippen molar-refractivity contribution in [3.63, 3.8) is 0 Å². The minimum Gasteiger partial charge on any atom is -0.444 e. The Balaban J connectivity index is 2.14. The van der Waals surface area contributed by atoms with Crippen LogP contribution in [0.15, 0.2) is 15.8 Å². The fraction of sp³-hybridized carbons (Fsp3) is 0.583. The quantitative estimate of drug-likeness (QED) is 0.870. The van der Waals surface area contributed by atoms with E-state index in [0.717, 1.165) is 10.9 Å². The van der Waals surface area contributed by atoms with Crippen LogP contribution in [0.2, 0.25) is 0 Å². The zero-order chi connectivity index (χ0) is 14.2. The Morgan fingerprint density at radius 2 is 2.05 bits per heavy atom. The maximum Gasteiger partial charge on any atom is 0.222 e. The van der Waals surface area contributed by atoms with Gasteiger partial charge < -0.3 is 10.2 Å². The molecular weight excluding hydrogens is 262 g/mol. The zero-order valence-corrected chi connectivity index (χ0v) is 12.7. The molecule has 7 heteroatoms. The SMILES string of the molecule is C[C@H](Sc1nnc(N)n1C)c1ncc(C(C)(C)C)o1. The van der Waals surface area contributed by atoms with Crippen molar-refractivity contribution in [3.8, 4) is 0 Å². The lowest BCUT2D eigenvalue weighted by Gasteiger charge is -2.13. The number of nitrogens with two attached hydrogens (primary N) is 1. The fourth-order valence-corrected chi connectivity index (χ4v) is 2.33. The Kier molecular flexibility index (Phi) is 3.58. The molecule has 2 aromatic rings. The normalized spacial score (nSPS) is 13.7. The molecule has 1 atom stereocenters. The van der Waals surface area contributed by atoms with Crippen LogP contribution in [0.5, 0.6) is 0 Å². The molecule has 19 heavy (non-hydrogen) atoms. The Hall–Kier alpha value is -1.50. The summed E-state index contributed by atoms with van der Waals surface area (Å²) >= 11 is 1.52. The van der Waals surface area contributed by atoms with Crippen molar-refractivity contribution in [1.29, 1.82) is 0 Å². The summed E-state index contributed by atoms with van der Waals surface area (Å²) in [6, 6.07) is 0. The minimum absolute atomic E-state index is 0.0369. The summed E-state index contributed by atoms with van der Waals surface area (Å²) in [5.41, 5.74) is 5.62. The number of anilines is 1. The zero-order valence-electron chi connectivity index (χ0n) is 11.8. The van der Waals surface area contributed by atoms with Gasteiger partial charge in [-0.05, 0) is 6.92 Å². The number of hydrogen-bond donors (Lipinski definition) is 1. The Labute approximate surface area is 116 Å². The second-order valence-corrected chi connectivity index (χ2v) is 6.78. The number of oxazole rings is 1. The average molecular weight is 281 g/mol. The van der Waals surface area contributed by atoms with Gasteiger partial charge >= 0.3 is 0 Å². The van der Waals surface area contributed by atoms with Gasteiger partial charge in [0.25, 0.3) is 0 Å². The molecule has 0 unspecified atom stereocenters. The van der Waals surface area contributed by atoms with E-state index >= 15 is 0 Å². The highest BCUT2D eigenvalue weighted by Gasteiger charge is 2.22. The van der Waals surface area contributed by atoms with Gasteiger partial charge in [0, 0.05) is 12.5 Å². The molecule has 0 aromatic carbocycles. The summed E-state index contributed by atoms with van der Waals surface area (Å²) in [6.45, 7) is 8.31. The maximum atomic E-state index is 5.81. The van der Waals surface area contributed by atoms with Crippen LogP contribution in [0.3, 0.4) is 0 Å². The average Bonchev–Trinajstić information content (AvgIpc) is 2.91. The van der Waals surface area contributed by atoms with E-state index in [0.29, 0.717) is 11.8 Å². The van der Waals surface area contributed by atoms with Crippen LogP contribution in [0.25, 0.3) is 0 Å². The third kappa shape index (κ3) is 2.91. The molecule has 0 bridgehead atoms. The third-order valence-corrected chi connectivity index (χ3v) is 3.88. The molecule has 2 aromatic heterocycles. The molecule has 0 aliphatic carbocycles. The van der Waals surface area contributed by atoms with Crippen LogP contribution >= 0.6 is 11.8 Å². The summed E-state index contributed by atoms with van der Waals surface area (Å²) < 4.78 is 7.55. The van der Waals surface area contributed by atoms with Gasteiger partial charge in [0.2, 0.25) is 11.8 Å². The largest absolute Gasteiger partial charge is 0.444 e. The predicted molar refractivity (Wildman–Crippen MR) is 74.9 cm³/mol. The van der Waals surface area contributed by atoms with Gasteiger partial charge in [-0.1, -0.05) is 32.5 Å². The van der Waals surface area contributed by atoms with E-state index in [4.69, 9.17) is 10.2 Å². The molecule has 2 N–H and O–H groups in total. The summed E-state index contributed by atoms with van der Waals surface area (Å²) in [5.74, 6) is 1.97. The first kappa shape index (κ1) is 13.9. The lowest BCUT2D eigenvalue weighted by molar-refractivity contribution is 0.383. The molecule has 0 aliphatic heterocycles. The smallest absolute Gasteiger partial charge is 0.222 e. The summed E-state index contributed by atoms with van der Waals surface area (Å²) in [4.78, 5) is 4.34.